The summed E-state index contributed by atoms with van der Waals surface area (Å²) in [5.41, 5.74) is -0.232. The molecule has 21 heavy (non-hydrogen) atoms. The van der Waals surface area contributed by atoms with Crippen LogP contribution in [0.25, 0.3) is 11.0 Å². The molecule has 0 saturated carbocycles. The maximum absolute atomic E-state index is 13.8. The highest BCUT2D eigenvalue weighted by atomic mass is 79.9. The van der Waals surface area contributed by atoms with E-state index in [1.807, 2.05) is 0 Å². The third-order valence-electron chi connectivity index (χ3n) is 2.94. The standard InChI is InChI=1S/C15H6BrClF2O2/c16-8-5-10(18)14(11(19)6-8)15(20)13-4-7-3-9(17)1-2-12(7)21-13/h1-6H. The molecule has 0 saturated heterocycles. The lowest BCUT2D eigenvalue weighted by Crippen LogP contribution is -2.06. The van der Waals surface area contributed by atoms with Gasteiger partial charge in [0.1, 0.15) is 17.2 Å². The molecule has 2 aromatic carbocycles. The number of fused-ring (bicyclic) bond motifs is 1. The van der Waals surface area contributed by atoms with Gasteiger partial charge in [-0.1, -0.05) is 27.5 Å². The molecule has 2 nitrogen and oxygen atoms in total. The number of hydrogen-bond acceptors (Lipinski definition) is 2. The molecule has 3 rings (SSSR count). The van der Waals surface area contributed by atoms with Crippen molar-refractivity contribution in [1.82, 2.24) is 0 Å². The molecule has 0 unspecified atom stereocenters. The van der Waals surface area contributed by atoms with E-state index in [2.05, 4.69) is 15.9 Å². The predicted octanol–water partition coefficient (Wildman–Crippen LogP) is 5.36. The van der Waals surface area contributed by atoms with Gasteiger partial charge in [0.05, 0.1) is 5.56 Å². The van der Waals surface area contributed by atoms with Gasteiger partial charge in [-0.3, -0.25) is 4.79 Å². The zero-order valence-electron chi connectivity index (χ0n) is 10.3. The summed E-state index contributed by atoms with van der Waals surface area (Å²) < 4.78 is 33.2. The number of rotatable bonds is 2. The molecule has 106 valence electrons. The first-order chi connectivity index (χ1) is 9.95. The lowest BCUT2D eigenvalue weighted by molar-refractivity contribution is 0.100. The minimum atomic E-state index is -0.953. The third-order valence-corrected chi connectivity index (χ3v) is 3.63. The smallest absolute Gasteiger partial charge is 0.234 e. The second-order valence-electron chi connectivity index (χ2n) is 4.37. The van der Waals surface area contributed by atoms with Crippen LogP contribution in [0, 0.1) is 11.6 Å². The molecule has 0 N–H and O–H groups in total. The van der Waals surface area contributed by atoms with Gasteiger partial charge in [-0.2, -0.15) is 0 Å². The van der Waals surface area contributed by atoms with Gasteiger partial charge >= 0.3 is 0 Å². The zero-order valence-corrected chi connectivity index (χ0v) is 12.6. The number of halogens is 4. The van der Waals surface area contributed by atoms with Gasteiger partial charge in [-0.05, 0) is 36.4 Å². The lowest BCUT2D eigenvalue weighted by Gasteiger charge is -2.02. The number of carbonyl (C=O) groups is 1. The average molecular weight is 372 g/mol. The Bertz CT molecular complexity index is 850. The average Bonchev–Trinajstić information content (AvgIpc) is 2.80. The molecule has 0 bridgehead atoms. The number of ketones is 1. The van der Waals surface area contributed by atoms with Gasteiger partial charge in [0, 0.05) is 14.9 Å². The van der Waals surface area contributed by atoms with Crippen molar-refractivity contribution in [3.63, 3.8) is 0 Å². The lowest BCUT2D eigenvalue weighted by atomic mass is 10.1. The van der Waals surface area contributed by atoms with Crippen molar-refractivity contribution in [3.8, 4) is 0 Å². The van der Waals surface area contributed by atoms with E-state index in [1.165, 1.54) is 6.07 Å². The molecule has 0 amide bonds. The van der Waals surface area contributed by atoms with E-state index in [0.717, 1.165) is 12.1 Å². The van der Waals surface area contributed by atoms with Gasteiger partial charge in [-0.25, -0.2) is 8.78 Å². The van der Waals surface area contributed by atoms with Crippen LogP contribution in [-0.2, 0) is 0 Å². The quantitative estimate of drug-likeness (QED) is 0.568. The second-order valence-corrected chi connectivity index (χ2v) is 5.72. The summed E-state index contributed by atoms with van der Waals surface area (Å²) in [6.07, 6.45) is 0. The first kappa shape index (κ1) is 14.2. The van der Waals surface area contributed by atoms with Gasteiger partial charge < -0.3 is 4.42 Å². The number of benzene rings is 2. The summed E-state index contributed by atoms with van der Waals surface area (Å²) >= 11 is 8.80. The van der Waals surface area contributed by atoms with Crippen LogP contribution in [0.1, 0.15) is 16.1 Å². The van der Waals surface area contributed by atoms with Gasteiger partial charge in [0.2, 0.25) is 5.78 Å². The van der Waals surface area contributed by atoms with Gasteiger partial charge in [-0.15, -0.1) is 0 Å². The highest BCUT2D eigenvalue weighted by Gasteiger charge is 2.23. The van der Waals surface area contributed by atoms with Crippen molar-refractivity contribution < 1.29 is 18.0 Å². The summed E-state index contributed by atoms with van der Waals surface area (Å²) in [5.74, 6) is -2.91. The van der Waals surface area contributed by atoms with Gasteiger partial charge in [0.15, 0.2) is 5.76 Å². The maximum atomic E-state index is 13.8. The molecule has 0 aliphatic carbocycles. The van der Waals surface area contributed by atoms with Crippen LogP contribution in [0.4, 0.5) is 8.78 Å². The summed E-state index contributed by atoms with van der Waals surface area (Å²) in [6, 6.07) is 8.24. The van der Waals surface area contributed by atoms with Crippen LogP contribution in [0.3, 0.4) is 0 Å². The van der Waals surface area contributed by atoms with E-state index in [-0.39, 0.29) is 10.2 Å². The Balaban J connectivity index is 2.12. The van der Waals surface area contributed by atoms with Crippen molar-refractivity contribution in [2.24, 2.45) is 0 Å². The third kappa shape index (κ3) is 2.59. The van der Waals surface area contributed by atoms with E-state index in [4.69, 9.17) is 16.0 Å². The summed E-state index contributed by atoms with van der Waals surface area (Å²) in [4.78, 5) is 12.2. The largest absolute Gasteiger partial charge is 0.453 e. The van der Waals surface area contributed by atoms with Crippen molar-refractivity contribution in [1.29, 1.82) is 0 Å². The molecule has 0 spiro atoms. The first-order valence-corrected chi connectivity index (χ1v) is 7.01. The van der Waals surface area contributed by atoms with E-state index >= 15 is 0 Å². The molecule has 0 fully saturated rings. The van der Waals surface area contributed by atoms with Crippen LogP contribution in [0.5, 0.6) is 0 Å². The fourth-order valence-electron chi connectivity index (χ4n) is 2.01. The van der Waals surface area contributed by atoms with E-state index in [9.17, 15) is 13.6 Å². The fourth-order valence-corrected chi connectivity index (χ4v) is 2.59. The highest BCUT2D eigenvalue weighted by molar-refractivity contribution is 9.10. The summed E-state index contributed by atoms with van der Waals surface area (Å²) in [6.45, 7) is 0. The predicted molar refractivity (Wildman–Crippen MR) is 78.7 cm³/mol. The molecular formula is C15H6BrClF2O2. The van der Waals surface area contributed by atoms with Crippen molar-refractivity contribution in [3.05, 3.63) is 68.9 Å². The topological polar surface area (TPSA) is 30.2 Å². The highest BCUT2D eigenvalue weighted by Crippen LogP contribution is 2.27. The van der Waals surface area contributed by atoms with Crippen molar-refractivity contribution >= 4 is 44.3 Å². The second kappa shape index (κ2) is 5.24. The maximum Gasteiger partial charge on any atom is 0.234 e. The van der Waals surface area contributed by atoms with Crippen molar-refractivity contribution in [2.75, 3.05) is 0 Å². The monoisotopic (exact) mass is 370 g/mol. The van der Waals surface area contributed by atoms with E-state index in [1.54, 1.807) is 18.2 Å². The molecule has 1 aromatic heterocycles. The molecule has 6 heteroatoms. The number of hydrogen-bond donors (Lipinski definition) is 0. The number of furan rings is 1. The van der Waals surface area contributed by atoms with Crippen LogP contribution in [0.15, 0.2) is 45.3 Å². The van der Waals surface area contributed by atoms with Crippen LogP contribution >= 0.6 is 27.5 Å². The number of carbonyl (C=O) groups excluding carboxylic acids is 1. The molecule has 0 aliphatic heterocycles. The molecule has 0 atom stereocenters. The minimum Gasteiger partial charge on any atom is -0.453 e. The van der Waals surface area contributed by atoms with Crippen LogP contribution in [-0.4, -0.2) is 5.78 Å². The molecule has 0 aliphatic rings. The summed E-state index contributed by atoms with van der Waals surface area (Å²) in [5, 5.41) is 1.06. The Morgan fingerprint density at radius 1 is 1.10 bits per heavy atom. The summed E-state index contributed by atoms with van der Waals surface area (Å²) in [7, 11) is 0. The van der Waals surface area contributed by atoms with E-state index < -0.39 is 23.0 Å². The normalized spacial score (nSPS) is 11.0. The Labute approximate surface area is 131 Å². The molecule has 0 radical (unpaired) electrons. The minimum absolute atomic E-state index is 0.146. The Morgan fingerprint density at radius 2 is 1.76 bits per heavy atom. The molecular weight excluding hydrogens is 366 g/mol. The Hall–Kier alpha value is -1.72. The van der Waals surface area contributed by atoms with Crippen LogP contribution in [0.2, 0.25) is 5.02 Å². The zero-order chi connectivity index (χ0) is 15.1. The Morgan fingerprint density at radius 3 is 2.43 bits per heavy atom. The van der Waals surface area contributed by atoms with E-state index in [0.29, 0.717) is 16.0 Å². The Kier molecular flexibility index (Phi) is 3.55. The molecule has 3 aromatic rings. The first-order valence-electron chi connectivity index (χ1n) is 5.84. The van der Waals surface area contributed by atoms with Crippen LogP contribution < -0.4 is 0 Å². The van der Waals surface area contributed by atoms with Crippen molar-refractivity contribution in [2.45, 2.75) is 0 Å². The fraction of sp³-hybridized carbons (Fsp3) is 0. The van der Waals surface area contributed by atoms with Gasteiger partial charge in [0.25, 0.3) is 0 Å². The molecule has 1 heterocycles. The SMILES string of the molecule is O=C(c1cc2cc(Cl)ccc2o1)c1c(F)cc(Br)cc1F.